The molecule has 12 nitrogen and oxygen atoms in total. The zero-order valence-electron chi connectivity index (χ0n) is 23.2. The minimum Gasteiger partial charge on any atom is -0.497 e. The van der Waals surface area contributed by atoms with Crippen molar-refractivity contribution >= 4 is 55.6 Å². The fourth-order valence-electron chi connectivity index (χ4n) is 4.02. The number of carbonyl (C=O) groups excluding carboxylic acids is 2. The van der Waals surface area contributed by atoms with E-state index in [0.717, 1.165) is 12.1 Å². The van der Waals surface area contributed by atoms with Gasteiger partial charge in [-0.05, 0) is 83.9 Å². The second kappa shape index (κ2) is 13.1. The maximum atomic E-state index is 12.6. The lowest BCUT2D eigenvalue weighted by molar-refractivity contribution is 0.101. The van der Waals surface area contributed by atoms with E-state index in [-0.39, 0.29) is 33.6 Å². The van der Waals surface area contributed by atoms with E-state index in [1.54, 1.807) is 24.3 Å². The highest BCUT2D eigenvalue weighted by atomic mass is 32.2. The first kappa shape index (κ1) is 31.9. The van der Waals surface area contributed by atoms with E-state index in [0.29, 0.717) is 11.5 Å². The van der Waals surface area contributed by atoms with Crippen LogP contribution >= 0.6 is 0 Å². The van der Waals surface area contributed by atoms with Crippen molar-refractivity contribution < 1.29 is 45.0 Å². The quantitative estimate of drug-likeness (QED) is 0.138. The van der Waals surface area contributed by atoms with Gasteiger partial charge in [0.2, 0.25) is 0 Å². The number of benzene rings is 4. The van der Waals surface area contributed by atoms with Crippen LogP contribution in [0.15, 0.2) is 94.7 Å². The number of rotatable bonds is 10. The smallest absolute Gasteiger partial charge is 0.295 e. The fourth-order valence-corrected chi connectivity index (χ4v) is 5.44. The second-order valence-corrected chi connectivity index (χ2v) is 11.9. The Morgan fingerprint density at radius 2 is 0.932 bits per heavy atom. The molecule has 0 unspecified atom stereocenters. The van der Waals surface area contributed by atoms with Crippen LogP contribution < -0.4 is 20.1 Å². The predicted octanol–water partition coefficient (Wildman–Crippen LogP) is 4.87. The summed E-state index contributed by atoms with van der Waals surface area (Å²) in [7, 11) is -6.65. The van der Waals surface area contributed by atoms with Crippen LogP contribution in [0.3, 0.4) is 0 Å². The summed E-state index contributed by atoms with van der Waals surface area (Å²) in [5.41, 5.74) is 0.563. The van der Waals surface area contributed by atoms with Crippen molar-refractivity contribution in [1.82, 2.24) is 0 Å². The van der Waals surface area contributed by atoms with Crippen molar-refractivity contribution in [2.75, 3.05) is 24.9 Å². The Bertz CT molecular complexity index is 1810. The Balaban J connectivity index is 1.61. The van der Waals surface area contributed by atoms with Gasteiger partial charge in [0.05, 0.1) is 14.2 Å². The highest BCUT2D eigenvalue weighted by Crippen LogP contribution is 2.27. The van der Waals surface area contributed by atoms with Gasteiger partial charge in [-0.2, -0.15) is 16.8 Å². The molecule has 0 aromatic heterocycles. The molecule has 4 N–H and O–H groups in total. The highest BCUT2D eigenvalue weighted by Gasteiger charge is 2.19. The normalized spacial score (nSPS) is 11.6. The summed E-state index contributed by atoms with van der Waals surface area (Å²) >= 11 is 0. The van der Waals surface area contributed by atoms with Crippen LogP contribution in [0, 0.1) is 0 Å². The third-order valence-electron chi connectivity index (χ3n) is 6.25. The van der Waals surface area contributed by atoms with Gasteiger partial charge in [0.15, 0.2) is 0 Å². The van der Waals surface area contributed by atoms with Crippen molar-refractivity contribution in [3.05, 3.63) is 107 Å². The minimum absolute atomic E-state index is 0.0480. The zero-order chi connectivity index (χ0) is 32.1. The van der Waals surface area contributed by atoms with Gasteiger partial charge in [0, 0.05) is 22.5 Å². The number of methoxy groups -OCH3 is 2. The zero-order valence-corrected chi connectivity index (χ0v) is 24.8. The van der Waals surface area contributed by atoms with Crippen molar-refractivity contribution in [2.24, 2.45) is 0 Å². The fraction of sp³-hybridized carbons (Fsp3) is 0.0667. The van der Waals surface area contributed by atoms with E-state index < -0.39 is 41.8 Å². The molecular formula is C30H26N2O10S2. The molecule has 0 spiro atoms. The minimum atomic E-state index is -4.80. The van der Waals surface area contributed by atoms with E-state index in [1.807, 2.05) is 0 Å². The van der Waals surface area contributed by atoms with Gasteiger partial charge in [-0.3, -0.25) is 18.7 Å². The van der Waals surface area contributed by atoms with Crippen LogP contribution in [0.1, 0.15) is 31.8 Å². The number of amides is 2. The maximum absolute atomic E-state index is 12.6. The topological polar surface area (TPSA) is 185 Å². The Labute approximate surface area is 253 Å². The van der Waals surface area contributed by atoms with Gasteiger partial charge in [0.1, 0.15) is 21.3 Å². The number of hydrogen-bond donors (Lipinski definition) is 4. The van der Waals surface area contributed by atoms with E-state index in [9.17, 15) is 35.5 Å². The molecule has 0 saturated heterocycles. The molecule has 2 amide bonds. The molecule has 4 aromatic carbocycles. The van der Waals surface area contributed by atoms with Gasteiger partial charge in [-0.25, -0.2) is 0 Å². The summed E-state index contributed by atoms with van der Waals surface area (Å²) in [6.07, 6.45) is 2.41. The molecule has 0 fully saturated rings. The first-order valence-electron chi connectivity index (χ1n) is 12.6. The summed E-state index contributed by atoms with van der Waals surface area (Å²) in [5, 5.41) is 5.09. The molecule has 0 saturated carbocycles. The molecule has 44 heavy (non-hydrogen) atoms. The van der Waals surface area contributed by atoms with Crippen LogP contribution in [0.5, 0.6) is 11.5 Å². The summed E-state index contributed by atoms with van der Waals surface area (Å²) in [4.78, 5) is 24.1. The third-order valence-corrected chi connectivity index (χ3v) is 8.06. The molecule has 228 valence electrons. The first-order valence-corrected chi connectivity index (χ1v) is 15.5. The number of carbonyl (C=O) groups is 2. The van der Waals surface area contributed by atoms with Crippen LogP contribution in [-0.4, -0.2) is 52.0 Å². The van der Waals surface area contributed by atoms with Crippen molar-refractivity contribution in [2.45, 2.75) is 9.79 Å². The number of hydrogen-bond acceptors (Lipinski definition) is 8. The molecule has 0 aliphatic carbocycles. The van der Waals surface area contributed by atoms with Crippen molar-refractivity contribution in [1.29, 1.82) is 0 Å². The monoisotopic (exact) mass is 638 g/mol. The van der Waals surface area contributed by atoms with Gasteiger partial charge < -0.3 is 20.1 Å². The van der Waals surface area contributed by atoms with Crippen LogP contribution in [0.4, 0.5) is 11.4 Å². The Morgan fingerprint density at radius 1 is 0.591 bits per heavy atom. The third kappa shape index (κ3) is 7.87. The molecule has 0 bridgehead atoms. The summed E-state index contributed by atoms with van der Waals surface area (Å²) in [5.74, 6) is -0.0173. The highest BCUT2D eigenvalue weighted by molar-refractivity contribution is 7.86. The van der Waals surface area contributed by atoms with E-state index in [2.05, 4.69) is 10.6 Å². The van der Waals surface area contributed by atoms with Gasteiger partial charge in [0.25, 0.3) is 32.1 Å². The van der Waals surface area contributed by atoms with Gasteiger partial charge >= 0.3 is 0 Å². The standard InChI is InChI=1S/C30H26N2O10S2/c1-41-25-13-7-21(8-14-25)29(33)31-23-11-5-19(27(17-23)43(35,36)37)3-4-20-6-12-24(18-28(20)44(38,39)40)32-30(34)22-9-15-26(42-2)16-10-22/h3-18H,1-2H3,(H,31,33)(H,32,34)(H,35,36,37)(H,38,39,40)/b4-3-. The summed E-state index contributed by atoms with van der Waals surface area (Å²) < 4.78 is 78.6. The van der Waals surface area contributed by atoms with E-state index in [4.69, 9.17) is 9.47 Å². The Hall–Kier alpha value is -5.02. The Kier molecular flexibility index (Phi) is 9.50. The molecule has 4 aromatic rings. The number of anilines is 2. The molecule has 0 radical (unpaired) electrons. The average Bonchev–Trinajstić information content (AvgIpc) is 2.99. The lowest BCUT2D eigenvalue weighted by atomic mass is 10.1. The van der Waals surface area contributed by atoms with Gasteiger partial charge in [-0.1, -0.05) is 24.3 Å². The molecular weight excluding hydrogens is 612 g/mol. The molecule has 0 aliphatic rings. The SMILES string of the molecule is COc1ccc(C(=O)Nc2ccc(/C=C\c3ccc(NC(=O)c4ccc(OC)cc4)cc3S(=O)(=O)O)c(S(=O)(=O)O)c2)cc1. The number of ether oxygens (including phenoxy) is 2. The average molecular weight is 639 g/mol. The van der Waals surface area contributed by atoms with Crippen molar-refractivity contribution in [3.63, 3.8) is 0 Å². The first-order chi connectivity index (χ1) is 20.8. The van der Waals surface area contributed by atoms with E-state index in [1.165, 1.54) is 74.9 Å². The molecule has 0 aliphatic heterocycles. The summed E-state index contributed by atoms with van der Waals surface area (Å²) in [6, 6.07) is 19.8. The molecule has 0 atom stereocenters. The predicted molar refractivity (Wildman–Crippen MR) is 163 cm³/mol. The lowest BCUT2D eigenvalue weighted by Crippen LogP contribution is -2.13. The van der Waals surface area contributed by atoms with Gasteiger partial charge in [-0.15, -0.1) is 0 Å². The number of nitrogens with one attached hydrogen (secondary N) is 2. The lowest BCUT2D eigenvalue weighted by Gasteiger charge is -2.11. The van der Waals surface area contributed by atoms with Crippen molar-refractivity contribution in [3.8, 4) is 11.5 Å². The second-order valence-electron chi connectivity index (χ2n) is 9.15. The molecule has 0 heterocycles. The van der Waals surface area contributed by atoms with Crippen LogP contribution in [0.2, 0.25) is 0 Å². The molecule has 14 heteroatoms. The molecule has 4 rings (SSSR count). The van der Waals surface area contributed by atoms with Crippen LogP contribution in [-0.2, 0) is 20.2 Å². The van der Waals surface area contributed by atoms with Crippen LogP contribution in [0.25, 0.3) is 12.2 Å². The Morgan fingerprint density at radius 3 is 1.23 bits per heavy atom. The van der Waals surface area contributed by atoms with E-state index >= 15 is 0 Å². The largest absolute Gasteiger partial charge is 0.497 e. The summed E-state index contributed by atoms with van der Waals surface area (Å²) in [6.45, 7) is 0. The maximum Gasteiger partial charge on any atom is 0.295 e.